The molecule has 1 aliphatic rings. The number of carbonyl (C=O) groups is 1. The van der Waals surface area contributed by atoms with Gasteiger partial charge in [-0.25, -0.2) is 0 Å². The van der Waals surface area contributed by atoms with Gasteiger partial charge in [-0.3, -0.25) is 4.90 Å². The molecule has 1 atom stereocenters. The molecular formula is C11H21NO2. The number of hydrogen-bond acceptors (Lipinski definition) is 3. The molecule has 1 heterocycles. The van der Waals surface area contributed by atoms with Gasteiger partial charge in [-0.15, -0.1) is 0 Å². The molecule has 1 rings (SSSR count). The molecule has 0 bridgehead atoms. The first-order valence-corrected chi connectivity index (χ1v) is 5.44. The van der Waals surface area contributed by atoms with Crippen LogP contribution < -0.4 is 0 Å². The van der Waals surface area contributed by atoms with Crippen LogP contribution in [-0.4, -0.2) is 42.5 Å². The highest BCUT2D eigenvalue weighted by atomic mass is 16.5. The van der Waals surface area contributed by atoms with Crippen LogP contribution in [0.15, 0.2) is 0 Å². The predicted molar refractivity (Wildman–Crippen MR) is 56.4 cm³/mol. The maximum atomic E-state index is 10.8. The Labute approximate surface area is 86.4 Å². The summed E-state index contributed by atoms with van der Waals surface area (Å²) >= 11 is 0. The monoisotopic (exact) mass is 199 g/mol. The molecule has 0 aromatic heterocycles. The second-order valence-corrected chi connectivity index (χ2v) is 4.32. The van der Waals surface area contributed by atoms with Crippen molar-refractivity contribution in [3.8, 4) is 0 Å². The fourth-order valence-electron chi connectivity index (χ4n) is 1.75. The Morgan fingerprint density at radius 3 is 2.86 bits per heavy atom. The topological polar surface area (TPSA) is 29.5 Å². The number of rotatable bonds is 4. The third-order valence-corrected chi connectivity index (χ3v) is 2.72. The molecule has 0 spiro atoms. The van der Waals surface area contributed by atoms with E-state index in [1.807, 2.05) is 0 Å². The Balaban J connectivity index is 2.29. The molecule has 1 fully saturated rings. The smallest absolute Gasteiger partial charge is 0.129 e. The second-order valence-electron chi connectivity index (χ2n) is 4.32. The number of hydrogen-bond donors (Lipinski definition) is 0. The summed E-state index contributed by atoms with van der Waals surface area (Å²) in [6.45, 7) is 8.85. The van der Waals surface area contributed by atoms with Crippen molar-refractivity contribution in [3.05, 3.63) is 0 Å². The van der Waals surface area contributed by atoms with Crippen LogP contribution in [0.2, 0.25) is 0 Å². The van der Waals surface area contributed by atoms with Crippen LogP contribution in [0.4, 0.5) is 0 Å². The van der Waals surface area contributed by atoms with Gasteiger partial charge in [-0.05, 0) is 27.2 Å². The Hall–Kier alpha value is -0.410. The van der Waals surface area contributed by atoms with Gasteiger partial charge in [0.1, 0.15) is 5.78 Å². The van der Waals surface area contributed by atoms with E-state index in [-0.39, 0.29) is 11.9 Å². The highest BCUT2D eigenvalue weighted by Crippen LogP contribution is 2.12. The normalized spacial score (nSPS) is 24.1. The maximum absolute atomic E-state index is 10.8. The van der Waals surface area contributed by atoms with E-state index in [0.29, 0.717) is 12.5 Å². The predicted octanol–water partition coefficient (Wildman–Crippen LogP) is 1.46. The lowest BCUT2D eigenvalue weighted by Crippen LogP contribution is -2.45. The summed E-state index contributed by atoms with van der Waals surface area (Å²) in [5.74, 6) is 0.260. The highest BCUT2D eigenvalue weighted by molar-refractivity contribution is 5.75. The minimum atomic E-state index is 0.259. The standard InChI is InChI=1S/C11H21NO2/c1-9(2)12-6-7-14-11(8-12)5-4-10(3)13/h9,11H,4-8H2,1-3H3. The molecule has 1 unspecified atom stereocenters. The molecule has 82 valence electrons. The first-order chi connectivity index (χ1) is 6.59. The molecule has 3 heteroatoms. The summed E-state index contributed by atoms with van der Waals surface area (Å²) in [7, 11) is 0. The van der Waals surface area contributed by atoms with E-state index >= 15 is 0 Å². The average Bonchev–Trinajstić information content (AvgIpc) is 2.15. The fraction of sp³-hybridized carbons (Fsp3) is 0.909. The summed E-state index contributed by atoms with van der Waals surface area (Å²) < 4.78 is 5.61. The number of ether oxygens (including phenoxy) is 1. The largest absolute Gasteiger partial charge is 0.376 e. The molecule has 0 aromatic rings. The molecule has 1 aliphatic heterocycles. The zero-order chi connectivity index (χ0) is 10.6. The third-order valence-electron chi connectivity index (χ3n) is 2.72. The van der Waals surface area contributed by atoms with E-state index in [4.69, 9.17) is 4.74 Å². The van der Waals surface area contributed by atoms with Crippen LogP contribution in [-0.2, 0) is 9.53 Å². The van der Waals surface area contributed by atoms with Gasteiger partial charge in [-0.1, -0.05) is 0 Å². The van der Waals surface area contributed by atoms with Crippen LogP contribution in [0.3, 0.4) is 0 Å². The first-order valence-electron chi connectivity index (χ1n) is 5.44. The van der Waals surface area contributed by atoms with Gasteiger partial charge >= 0.3 is 0 Å². The lowest BCUT2D eigenvalue weighted by Gasteiger charge is -2.35. The number of ketones is 1. The molecule has 3 nitrogen and oxygen atoms in total. The SMILES string of the molecule is CC(=O)CCC1CN(C(C)C)CCO1. The van der Waals surface area contributed by atoms with Gasteiger partial charge in [0.2, 0.25) is 0 Å². The van der Waals surface area contributed by atoms with Crippen molar-refractivity contribution in [1.82, 2.24) is 4.90 Å². The molecule has 0 aromatic carbocycles. The maximum Gasteiger partial charge on any atom is 0.129 e. The summed E-state index contributed by atoms with van der Waals surface area (Å²) in [4.78, 5) is 13.2. The molecule has 0 N–H and O–H groups in total. The number of Topliss-reactive ketones (excluding diaryl/α,β-unsaturated/α-hetero) is 1. The van der Waals surface area contributed by atoms with Crippen molar-refractivity contribution < 1.29 is 9.53 Å². The molecule has 0 amide bonds. The summed E-state index contributed by atoms with van der Waals surface area (Å²) in [6.07, 6.45) is 1.78. The number of carbonyl (C=O) groups excluding carboxylic acids is 1. The molecule has 0 aliphatic carbocycles. The van der Waals surface area contributed by atoms with Gasteiger partial charge < -0.3 is 9.53 Å². The Morgan fingerprint density at radius 2 is 2.29 bits per heavy atom. The van der Waals surface area contributed by atoms with E-state index in [2.05, 4.69) is 18.7 Å². The fourth-order valence-corrected chi connectivity index (χ4v) is 1.75. The van der Waals surface area contributed by atoms with E-state index in [1.54, 1.807) is 6.92 Å². The summed E-state index contributed by atoms with van der Waals surface area (Å²) in [5, 5.41) is 0. The van der Waals surface area contributed by atoms with Gasteiger partial charge in [0.15, 0.2) is 0 Å². The zero-order valence-electron chi connectivity index (χ0n) is 9.45. The van der Waals surface area contributed by atoms with E-state index in [1.165, 1.54) is 0 Å². The van der Waals surface area contributed by atoms with Gasteiger partial charge in [0, 0.05) is 25.6 Å². The molecule has 0 saturated carbocycles. The minimum Gasteiger partial charge on any atom is -0.376 e. The zero-order valence-corrected chi connectivity index (χ0v) is 9.45. The lowest BCUT2D eigenvalue weighted by atomic mass is 10.1. The number of nitrogens with zero attached hydrogens (tertiary/aromatic N) is 1. The van der Waals surface area contributed by atoms with Crippen molar-refractivity contribution in [1.29, 1.82) is 0 Å². The van der Waals surface area contributed by atoms with Gasteiger partial charge in [0.25, 0.3) is 0 Å². The van der Waals surface area contributed by atoms with Crippen LogP contribution in [0.5, 0.6) is 0 Å². The number of morpholine rings is 1. The highest BCUT2D eigenvalue weighted by Gasteiger charge is 2.21. The Bertz CT molecular complexity index is 192. The molecule has 0 radical (unpaired) electrons. The second kappa shape index (κ2) is 5.47. The molecule has 14 heavy (non-hydrogen) atoms. The van der Waals surface area contributed by atoms with Gasteiger partial charge in [0.05, 0.1) is 12.7 Å². The van der Waals surface area contributed by atoms with Crippen LogP contribution in [0.25, 0.3) is 0 Å². The van der Waals surface area contributed by atoms with Crippen LogP contribution in [0.1, 0.15) is 33.6 Å². The van der Waals surface area contributed by atoms with Crippen molar-refractivity contribution in [2.75, 3.05) is 19.7 Å². The Kier molecular flexibility index (Phi) is 4.55. The summed E-state index contributed by atoms with van der Waals surface area (Å²) in [6, 6.07) is 0.582. The van der Waals surface area contributed by atoms with Crippen molar-refractivity contribution >= 4 is 5.78 Å². The van der Waals surface area contributed by atoms with E-state index in [0.717, 1.165) is 26.1 Å². The molecule has 1 saturated heterocycles. The lowest BCUT2D eigenvalue weighted by molar-refractivity contribution is -0.118. The van der Waals surface area contributed by atoms with E-state index in [9.17, 15) is 4.79 Å². The molecular weight excluding hydrogens is 178 g/mol. The van der Waals surface area contributed by atoms with E-state index < -0.39 is 0 Å². The van der Waals surface area contributed by atoms with Crippen LogP contribution in [0, 0.1) is 0 Å². The van der Waals surface area contributed by atoms with Crippen molar-refractivity contribution in [2.24, 2.45) is 0 Å². The quantitative estimate of drug-likeness (QED) is 0.686. The first kappa shape index (κ1) is 11.7. The minimum absolute atomic E-state index is 0.259. The Morgan fingerprint density at radius 1 is 1.57 bits per heavy atom. The van der Waals surface area contributed by atoms with Crippen molar-refractivity contribution in [3.63, 3.8) is 0 Å². The third kappa shape index (κ3) is 3.76. The summed E-state index contributed by atoms with van der Waals surface area (Å²) in [5.41, 5.74) is 0. The van der Waals surface area contributed by atoms with Crippen molar-refractivity contribution in [2.45, 2.75) is 45.8 Å². The van der Waals surface area contributed by atoms with Crippen LogP contribution >= 0.6 is 0 Å². The van der Waals surface area contributed by atoms with Gasteiger partial charge in [-0.2, -0.15) is 0 Å². The average molecular weight is 199 g/mol.